The Kier molecular flexibility index (Phi) is 2.00. The molecule has 10 heavy (non-hydrogen) atoms. The van der Waals surface area contributed by atoms with Crippen LogP contribution < -0.4 is 0 Å². The summed E-state index contributed by atoms with van der Waals surface area (Å²) in [4.78, 5) is 0. The van der Waals surface area contributed by atoms with Gasteiger partial charge >= 0.3 is 0 Å². The van der Waals surface area contributed by atoms with Crippen LogP contribution in [-0.2, 0) is 9.47 Å². The first kappa shape index (κ1) is 8.37. The van der Waals surface area contributed by atoms with Gasteiger partial charge in [-0.1, -0.05) is 0 Å². The summed E-state index contributed by atoms with van der Waals surface area (Å²) >= 11 is 4.35. The van der Waals surface area contributed by atoms with E-state index in [9.17, 15) is 0 Å². The van der Waals surface area contributed by atoms with Gasteiger partial charge in [-0.2, -0.15) is 12.6 Å². The van der Waals surface area contributed by atoms with Gasteiger partial charge in [0.05, 0.1) is 18.0 Å². The first-order chi connectivity index (χ1) is 4.41. The van der Waals surface area contributed by atoms with Gasteiger partial charge in [0.15, 0.2) is 5.79 Å². The van der Waals surface area contributed by atoms with Gasteiger partial charge in [-0.05, 0) is 20.8 Å². The average Bonchev–Trinajstić information content (AvgIpc) is 1.79. The second-order valence-corrected chi connectivity index (χ2v) is 4.55. The van der Waals surface area contributed by atoms with Gasteiger partial charge in [-0.3, -0.25) is 0 Å². The highest BCUT2D eigenvalue weighted by molar-refractivity contribution is 7.81. The Morgan fingerprint density at radius 2 is 1.50 bits per heavy atom. The molecule has 1 heterocycles. The third-order valence-corrected chi connectivity index (χ3v) is 1.72. The molecule has 1 rings (SSSR count). The summed E-state index contributed by atoms with van der Waals surface area (Å²) < 4.78 is 10.6. The molecule has 0 atom stereocenters. The maximum absolute atomic E-state index is 5.38. The molecule has 3 heteroatoms. The van der Waals surface area contributed by atoms with Crippen molar-refractivity contribution in [1.29, 1.82) is 0 Å². The first-order valence-corrected chi connectivity index (χ1v) is 3.86. The van der Waals surface area contributed by atoms with Gasteiger partial charge in [0.2, 0.25) is 0 Å². The summed E-state index contributed by atoms with van der Waals surface area (Å²) in [6, 6.07) is 0. The second kappa shape index (κ2) is 2.40. The fraction of sp³-hybridized carbons (Fsp3) is 1.00. The lowest BCUT2D eigenvalue weighted by molar-refractivity contribution is -0.252. The van der Waals surface area contributed by atoms with Crippen molar-refractivity contribution in [3.63, 3.8) is 0 Å². The molecule has 0 aromatic carbocycles. The second-order valence-electron chi connectivity index (χ2n) is 3.47. The van der Waals surface area contributed by atoms with E-state index in [1.165, 1.54) is 0 Å². The smallest absolute Gasteiger partial charge is 0.162 e. The van der Waals surface area contributed by atoms with E-state index in [4.69, 9.17) is 9.47 Å². The van der Waals surface area contributed by atoms with Crippen molar-refractivity contribution in [2.75, 3.05) is 13.2 Å². The highest BCUT2D eigenvalue weighted by Crippen LogP contribution is 2.26. The van der Waals surface area contributed by atoms with Gasteiger partial charge in [-0.25, -0.2) is 0 Å². The molecule has 0 aliphatic carbocycles. The fourth-order valence-corrected chi connectivity index (χ4v) is 0.871. The van der Waals surface area contributed by atoms with Gasteiger partial charge in [-0.15, -0.1) is 0 Å². The highest BCUT2D eigenvalue weighted by Gasteiger charge is 2.33. The van der Waals surface area contributed by atoms with Crippen LogP contribution in [0.2, 0.25) is 0 Å². The molecule has 0 amide bonds. The van der Waals surface area contributed by atoms with Crippen LogP contribution in [0.4, 0.5) is 0 Å². The van der Waals surface area contributed by atoms with E-state index in [-0.39, 0.29) is 4.75 Å². The zero-order valence-electron chi connectivity index (χ0n) is 6.68. The summed E-state index contributed by atoms with van der Waals surface area (Å²) in [5.74, 6) is -0.414. The SMILES string of the molecule is CC1(S)COC(C)(C)OC1. The number of ether oxygens (including phenoxy) is 2. The van der Waals surface area contributed by atoms with Crippen LogP contribution in [0.5, 0.6) is 0 Å². The van der Waals surface area contributed by atoms with Crippen LogP contribution in [0.15, 0.2) is 0 Å². The van der Waals surface area contributed by atoms with Gasteiger partial charge in [0.25, 0.3) is 0 Å². The molecular weight excluding hydrogens is 148 g/mol. The van der Waals surface area contributed by atoms with Gasteiger partial charge in [0, 0.05) is 0 Å². The van der Waals surface area contributed by atoms with Gasteiger partial charge < -0.3 is 9.47 Å². The largest absolute Gasteiger partial charge is 0.349 e. The van der Waals surface area contributed by atoms with Crippen molar-refractivity contribution in [2.24, 2.45) is 0 Å². The minimum absolute atomic E-state index is 0.116. The maximum Gasteiger partial charge on any atom is 0.162 e. The molecule has 1 fully saturated rings. The van der Waals surface area contributed by atoms with Gasteiger partial charge in [0.1, 0.15) is 0 Å². The van der Waals surface area contributed by atoms with Crippen molar-refractivity contribution < 1.29 is 9.47 Å². The zero-order valence-corrected chi connectivity index (χ0v) is 7.57. The predicted molar refractivity (Wildman–Crippen MR) is 43.4 cm³/mol. The maximum atomic E-state index is 5.38. The van der Waals surface area contributed by atoms with Crippen LogP contribution >= 0.6 is 12.6 Å². The normalized spacial score (nSPS) is 30.0. The molecule has 2 nitrogen and oxygen atoms in total. The van der Waals surface area contributed by atoms with Crippen molar-refractivity contribution in [3.05, 3.63) is 0 Å². The van der Waals surface area contributed by atoms with E-state index in [2.05, 4.69) is 12.6 Å². The van der Waals surface area contributed by atoms with Crippen LogP contribution in [0.25, 0.3) is 0 Å². The quantitative estimate of drug-likeness (QED) is 0.544. The lowest BCUT2D eigenvalue weighted by Crippen LogP contribution is -2.46. The molecule has 0 aromatic rings. The minimum Gasteiger partial charge on any atom is -0.349 e. The standard InChI is InChI=1S/C7H14O2S/c1-6(2)8-4-7(3,10)5-9-6/h10H,4-5H2,1-3H3. The van der Waals surface area contributed by atoms with E-state index in [1.54, 1.807) is 0 Å². The highest BCUT2D eigenvalue weighted by atomic mass is 32.1. The Morgan fingerprint density at radius 1 is 1.10 bits per heavy atom. The summed E-state index contributed by atoms with van der Waals surface area (Å²) in [6.07, 6.45) is 0. The van der Waals surface area contributed by atoms with Crippen molar-refractivity contribution in [2.45, 2.75) is 31.3 Å². The Bertz CT molecular complexity index is 104. The molecule has 0 saturated carbocycles. The van der Waals surface area contributed by atoms with Crippen molar-refractivity contribution >= 4 is 12.6 Å². The monoisotopic (exact) mass is 162 g/mol. The Labute approximate surface area is 67.3 Å². The van der Waals surface area contributed by atoms with E-state index in [0.29, 0.717) is 13.2 Å². The lowest BCUT2D eigenvalue weighted by Gasteiger charge is -2.38. The van der Waals surface area contributed by atoms with Crippen LogP contribution in [0.1, 0.15) is 20.8 Å². The molecule has 0 bridgehead atoms. The zero-order chi connectivity index (χ0) is 7.83. The van der Waals surface area contributed by atoms with Crippen molar-refractivity contribution in [1.82, 2.24) is 0 Å². The Balaban J connectivity index is 2.46. The lowest BCUT2D eigenvalue weighted by atomic mass is 10.1. The summed E-state index contributed by atoms with van der Waals surface area (Å²) in [5, 5.41) is 0. The molecule has 1 aliphatic heterocycles. The molecule has 0 radical (unpaired) electrons. The molecule has 60 valence electrons. The summed E-state index contributed by atoms with van der Waals surface area (Å²) in [7, 11) is 0. The van der Waals surface area contributed by atoms with E-state index in [1.807, 2.05) is 20.8 Å². The predicted octanol–water partition coefficient (Wildman–Crippen LogP) is 1.46. The molecule has 0 aromatic heterocycles. The number of thiol groups is 1. The molecule has 0 spiro atoms. The van der Waals surface area contributed by atoms with Crippen LogP contribution in [0.3, 0.4) is 0 Å². The number of hydrogen-bond acceptors (Lipinski definition) is 3. The third-order valence-electron chi connectivity index (χ3n) is 1.46. The molecule has 1 saturated heterocycles. The Morgan fingerprint density at radius 3 is 1.80 bits per heavy atom. The fourth-order valence-electron chi connectivity index (χ4n) is 0.742. The molecular formula is C7H14O2S. The number of rotatable bonds is 0. The molecule has 1 aliphatic rings. The van der Waals surface area contributed by atoms with Crippen LogP contribution in [0, 0.1) is 0 Å². The van der Waals surface area contributed by atoms with E-state index in [0.717, 1.165) is 0 Å². The number of hydrogen-bond donors (Lipinski definition) is 1. The molecule has 0 N–H and O–H groups in total. The topological polar surface area (TPSA) is 18.5 Å². The summed E-state index contributed by atoms with van der Waals surface area (Å²) in [5.41, 5.74) is 0. The Hall–Kier alpha value is 0.270. The minimum atomic E-state index is -0.414. The third kappa shape index (κ3) is 2.15. The van der Waals surface area contributed by atoms with Crippen molar-refractivity contribution in [3.8, 4) is 0 Å². The van der Waals surface area contributed by atoms with Crippen LogP contribution in [-0.4, -0.2) is 23.7 Å². The molecule has 0 unspecified atom stereocenters. The first-order valence-electron chi connectivity index (χ1n) is 3.42. The van der Waals surface area contributed by atoms with E-state index >= 15 is 0 Å². The summed E-state index contributed by atoms with van der Waals surface area (Å²) in [6.45, 7) is 7.14. The van der Waals surface area contributed by atoms with E-state index < -0.39 is 5.79 Å². The average molecular weight is 162 g/mol.